The van der Waals surface area contributed by atoms with Crippen LogP contribution in [-0.4, -0.2) is 139 Å². The number of aliphatic hydroxyl groups is 9. The summed E-state index contributed by atoms with van der Waals surface area (Å²) in [7, 11) is 0. The van der Waals surface area contributed by atoms with Gasteiger partial charge < -0.3 is 64.9 Å². The quantitative estimate of drug-likeness (QED) is 0.145. The smallest absolute Gasteiger partial charge is 0.187 e. The Morgan fingerprint density at radius 3 is 2.02 bits per heavy atom. The van der Waals surface area contributed by atoms with Gasteiger partial charge in [0.15, 0.2) is 12.6 Å². The fourth-order valence-corrected chi connectivity index (χ4v) is 12.7. The normalized spacial score (nSPS) is 50.3. The molecular formula is C43H74O13. The predicted octanol–water partition coefficient (Wildman–Crippen LogP) is 2.40. The molecule has 6 rings (SSSR count). The Labute approximate surface area is 333 Å². The first kappa shape index (κ1) is 44.8. The van der Waals surface area contributed by atoms with E-state index >= 15 is 0 Å². The molecule has 0 aromatic heterocycles. The fourth-order valence-electron chi connectivity index (χ4n) is 12.7. The highest BCUT2D eigenvalue weighted by Crippen LogP contribution is 2.75. The lowest BCUT2D eigenvalue weighted by molar-refractivity contribution is -0.340. The first-order valence-corrected chi connectivity index (χ1v) is 21.3. The summed E-state index contributed by atoms with van der Waals surface area (Å²) in [6, 6.07) is 0. The van der Waals surface area contributed by atoms with Crippen LogP contribution in [0.25, 0.3) is 0 Å². The van der Waals surface area contributed by atoms with Gasteiger partial charge in [-0.1, -0.05) is 74.0 Å². The van der Waals surface area contributed by atoms with Crippen LogP contribution < -0.4 is 0 Å². The van der Waals surface area contributed by atoms with Crippen LogP contribution in [0, 0.1) is 50.7 Å². The molecule has 4 aliphatic carbocycles. The molecule has 9 N–H and O–H groups in total. The molecule has 3 saturated carbocycles. The van der Waals surface area contributed by atoms with Crippen molar-refractivity contribution in [3.8, 4) is 0 Å². The molecular weight excluding hydrogens is 724 g/mol. The number of ether oxygens (including phenoxy) is 4. The maximum atomic E-state index is 12.4. The number of allylic oxidation sites excluding steroid dienone is 1. The molecule has 56 heavy (non-hydrogen) atoms. The summed E-state index contributed by atoms with van der Waals surface area (Å²) in [4.78, 5) is 0. The molecule has 0 bridgehead atoms. The number of hydrogen-bond acceptors (Lipinski definition) is 13. The highest BCUT2D eigenvalue weighted by atomic mass is 16.7. The summed E-state index contributed by atoms with van der Waals surface area (Å²) >= 11 is 0. The lowest BCUT2D eigenvalue weighted by Crippen LogP contribution is -2.65. The van der Waals surface area contributed by atoms with Gasteiger partial charge in [0.05, 0.1) is 31.5 Å². The number of rotatable bonds is 10. The standard InChI is InChI=1S/C43H74O13/c1-21(10-14-28(45)39(2,3)4)22-16-17-41(7)27-13-11-23-24(43(27,9)29(46)18-42(22,41)8)12-15-30(40(23,5)6)56-38-36(52)34(50)32(48)26(55-38)20-53-37-35(51)33(49)31(47)25(19-44)54-37/h11,21-22,24-38,44-52H,10,12-20H2,1-9H3/t21-,22-,24-,25-,26-,27-,28-,29-,30+,31-,32-,33+,34+,35-,36-,37-,38+,41+,42-,43+/m1/s1. The van der Waals surface area contributed by atoms with Crippen LogP contribution in [0.3, 0.4) is 0 Å². The third-order valence-electron chi connectivity index (χ3n) is 16.7. The lowest BCUT2D eigenvalue weighted by atomic mass is 9.38. The Balaban J connectivity index is 1.16. The number of fused-ring (bicyclic) bond motifs is 5. The molecule has 0 radical (unpaired) electrons. The van der Waals surface area contributed by atoms with Gasteiger partial charge in [-0.15, -0.1) is 0 Å². The van der Waals surface area contributed by atoms with Crippen LogP contribution in [0.2, 0.25) is 0 Å². The SMILES string of the molecule is C[C@H](CC[C@@H](O)C(C)(C)C)[C@H]1CC[C@@]2(C)[C@H]3CC=C4[C@@H](CC[C@H](O[C@@H]5O[C@H](CO[C@@H]6O[C@H](CO)[C@@H](O)[C@H](O)[C@H]6O)[C@@H](O)[C@H](O)[C@H]5O)C4(C)C)[C@]3(C)[C@H](O)C[C@]12C. The van der Waals surface area contributed by atoms with Gasteiger partial charge in [0.2, 0.25) is 0 Å². The van der Waals surface area contributed by atoms with E-state index in [-0.39, 0.29) is 39.6 Å². The minimum atomic E-state index is -1.66. The largest absolute Gasteiger partial charge is 0.394 e. The second-order valence-corrected chi connectivity index (χ2v) is 21.0. The second-order valence-electron chi connectivity index (χ2n) is 21.0. The first-order valence-electron chi connectivity index (χ1n) is 21.3. The summed E-state index contributed by atoms with van der Waals surface area (Å²) in [5.41, 5.74) is 0.204. The van der Waals surface area contributed by atoms with Crippen LogP contribution in [0.15, 0.2) is 11.6 Å². The molecule has 0 aromatic carbocycles. The third kappa shape index (κ3) is 7.28. The van der Waals surface area contributed by atoms with E-state index in [0.29, 0.717) is 18.3 Å². The van der Waals surface area contributed by atoms with Crippen LogP contribution in [0.1, 0.15) is 114 Å². The highest BCUT2D eigenvalue weighted by Gasteiger charge is 2.70. The summed E-state index contributed by atoms with van der Waals surface area (Å²) in [5, 5.41) is 96.2. The van der Waals surface area contributed by atoms with Crippen LogP contribution >= 0.6 is 0 Å². The molecule has 2 saturated heterocycles. The third-order valence-corrected chi connectivity index (χ3v) is 16.7. The molecule has 20 atom stereocenters. The van der Waals surface area contributed by atoms with Gasteiger partial charge in [0.1, 0.15) is 48.8 Å². The van der Waals surface area contributed by atoms with Gasteiger partial charge in [-0.3, -0.25) is 0 Å². The Bertz CT molecular complexity index is 1400. The van der Waals surface area contributed by atoms with Crippen molar-refractivity contribution in [2.75, 3.05) is 13.2 Å². The maximum absolute atomic E-state index is 12.4. The molecule has 324 valence electrons. The average Bonchev–Trinajstić information content (AvgIpc) is 3.40. The molecule has 5 fully saturated rings. The van der Waals surface area contributed by atoms with Gasteiger partial charge in [-0.05, 0) is 91.3 Å². The summed E-state index contributed by atoms with van der Waals surface area (Å²) in [6.07, 6.45) is -6.79. The van der Waals surface area contributed by atoms with Crippen molar-refractivity contribution in [1.82, 2.24) is 0 Å². The van der Waals surface area contributed by atoms with Crippen LogP contribution in [0.5, 0.6) is 0 Å². The van der Waals surface area contributed by atoms with Gasteiger partial charge in [0.25, 0.3) is 0 Å². The van der Waals surface area contributed by atoms with E-state index in [1.54, 1.807) is 0 Å². The van der Waals surface area contributed by atoms with E-state index in [1.165, 1.54) is 5.57 Å². The average molecular weight is 799 g/mol. The molecule has 0 unspecified atom stereocenters. The van der Waals surface area contributed by atoms with Gasteiger partial charge >= 0.3 is 0 Å². The molecule has 2 heterocycles. The molecule has 0 aromatic rings. The van der Waals surface area contributed by atoms with Crippen molar-refractivity contribution in [1.29, 1.82) is 0 Å². The van der Waals surface area contributed by atoms with Crippen molar-refractivity contribution in [2.45, 2.75) is 193 Å². The number of hydrogen-bond donors (Lipinski definition) is 9. The van der Waals surface area contributed by atoms with Gasteiger partial charge in [0, 0.05) is 10.8 Å². The van der Waals surface area contributed by atoms with Gasteiger partial charge in [-0.2, -0.15) is 0 Å². The summed E-state index contributed by atoms with van der Waals surface area (Å²) in [5.74, 6) is 1.31. The summed E-state index contributed by atoms with van der Waals surface area (Å²) in [6.45, 7) is 19.0. The Morgan fingerprint density at radius 1 is 0.786 bits per heavy atom. The Hall–Kier alpha value is -0.780. The predicted molar refractivity (Wildman–Crippen MR) is 205 cm³/mol. The van der Waals surface area contributed by atoms with E-state index in [9.17, 15) is 46.0 Å². The van der Waals surface area contributed by atoms with Crippen molar-refractivity contribution in [3.05, 3.63) is 11.6 Å². The minimum absolute atomic E-state index is 0.0335. The zero-order valence-electron chi connectivity index (χ0n) is 35.1. The zero-order chi connectivity index (χ0) is 41.5. The van der Waals surface area contributed by atoms with Crippen molar-refractivity contribution in [2.24, 2.45) is 50.7 Å². The molecule has 0 amide bonds. The molecule has 2 aliphatic heterocycles. The van der Waals surface area contributed by atoms with Crippen molar-refractivity contribution >= 4 is 0 Å². The van der Waals surface area contributed by atoms with E-state index < -0.39 is 92.2 Å². The van der Waals surface area contributed by atoms with E-state index in [1.807, 2.05) is 0 Å². The Morgan fingerprint density at radius 2 is 1.39 bits per heavy atom. The molecule has 13 nitrogen and oxygen atoms in total. The minimum Gasteiger partial charge on any atom is -0.394 e. The van der Waals surface area contributed by atoms with E-state index in [4.69, 9.17) is 18.9 Å². The number of aliphatic hydroxyl groups excluding tert-OH is 9. The van der Waals surface area contributed by atoms with Crippen LogP contribution in [-0.2, 0) is 18.9 Å². The van der Waals surface area contributed by atoms with Crippen LogP contribution in [0.4, 0.5) is 0 Å². The van der Waals surface area contributed by atoms with E-state index in [0.717, 1.165) is 44.9 Å². The maximum Gasteiger partial charge on any atom is 0.187 e. The molecule has 6 aliphatic rings. The van der Waals surface area contributed by atoms with Crippen molar-refractivity contribution in [3.63, 3.8) is 0 Å². The zero-order valence-corrected chi connectivity index (χ0v) is 35.1. The van der Waals surface area contributed by atoms with Gasteiger partial charge in [-0.25, -0.2) is 0 Å². The molecule has 0 spiro atoms. The lowest BCUT2D eigenvalue weighted by Gasteiger charge is -2.67. The van der Waals surface area contributed by atoms with Crippen molar-refractivity contribution < 1.29 is 64.9 Å². The Kier molecular flexibility index (Phi) is 12.7. The fraction of sp³-hybridized carbons (Fsp3) is 0.953. The summed E-state index contributed by atoms with van der Waals surface area (Å²) < 4.78 is 23.6. The van der Waals surface area contributed by atoms with E-state index in [2.05, 4.69) is 68.4 Å². The monoisotopic (exact) mass is 799 g/mol. The second kappa shape index (κ2) is 15.9. The highest BCUT2D eigenvalue weighted by molar-refractivity contribution is 5.32. The first-order chi connectivity index (χ1) is 25.9. The molecule has 13 heteroatoms. The topological polar surface area (TPSA) is 219 Å².